The fraction of sp³-hybridized carbons (Fsp3) is 0.353. The molecule has 3 rings (SSSR count). The predicted molar refractivity (Wildman–Crippen MR) is 92.5 cm³/mol. The van der Waals surface area contributed by atoms with Crippen LogP contribution in [0.5, 0.6) is 0 Å². The summed E-state index contributed by atoms with van der Waals surface area (Å²) in [7, 11) is -0.691. The van der Waals surface area contributed by atoms with Gasteiger partial charge in [-0.2, -0.15) is 9.78 Å². The average molecular weight is 342 g/mol. The molecule has 1 aliphatic rings. The molecule has 0 bridgehead atoms. The van der Waals surface area contributed by atoms with Crippen molar-refractivity contribution in [2.24, 2.45) is 0 Å². The molecule has 0 amide bonds. The monoisotopic (exact) mass is 342 g/mol. The van der Waals surface area contributed by atoms with E-state index in [4.69, 9.17) is 14.4 Å². The second-order valence-electron chi connectivity index (χ2n) is 6.91. The largest absolute Gasteiger partial charge is 0.497 e. The molecule has 1 aliphatic heterocycles. The summed E-state index contributed by atoms with van der Waals surface area (Å²) in [5.74, 6) is -1.30. The third kappa shape index (κ3) is 2.87. The number of carbonyl (C=O) groups is 1. The summed E-state index contributed by atoms with van der Waals surface area (Å²) < 4.78 is 13.2. The summed E-state index contributed by atoms with van der Waals surface area (Å²) >= 11 is 0. The van der Waals surface area contributed by atoms with Gasteiger partial charge in [0, 0.05) is 11.7 Å². The molecule has 0 unspecified atom stereocenters. The van der Waals surface area contributed by atoms with Gasteiger partial charge < -0.3 is 14.4 Å². The van der Waals surface area contributed by atoms with Gasteiger partial charge in [-0.1, -0.05) is 18.2 Å². The molecule has 2 aromatic rings. The van der Waals surface area contributed by atoms with Crippen LogP contribution in [0.4, 0.5) is 0 Å². The lowest BCUT2D eigenvalue weighted by Gasteiger charge is -2.32. The van der Waals surface area contributed by atoms with Crippen molar-refractivity contribution in [2.75, 3.05) is 0 Å². The first kappa shape index (κ1) is 17.4. The van der Waals surface area contributed by atoms with Crippen LogP contribution >= 0.6 is 0 Å². The number of carboxylic acids is 1. The molecule has 2 heterocycles. The van der Waals surface area contributed by atoms with Crippen LogP contribution in [0.3, 0.4) is 0 Å². The van der Waals surface area contributed by atoms with Gasteiger partial charge in [0.15, 0.2) is 0 Å². The Morgan fingerprint density at radius 1 is 1.12 bits per heavy atom. The first-order valence-corrected chi connectivity index (χ1v) is 7.90. The molecule has 0 saturated carbocycles. The number of aromatic carboxylic acids is 1. The lowest BCUT2D eigenvalue weighted by atomic mass is 9.78. The number of carboxylic acid groups (broad SMARTS) is 1. The molecule has 7 nitrogen and oxygen atoms in total. The van der Waals surface area contributed by atoms with Crippen LogP contribution in [0.2, 0.25) is 0 Å². The van der Waals surface area contributed by atoms with Gasteiger partial charge >= 0.3 is 13.1 Å². The minimum absolute atomic E-state index is 0.348. The molecule has 0 radical (unpaired) electrons. The number of benzene rings is 1. The van der Waals surface area contributed by atoms with Crippen molar-refractivity contribution in [3.8, 4) is 5.69 Å². The molecule has 130 valence electrons. The van der Waals surface area contributed by atoms with Crippen LogP contribution < -0.4 is 11.0 Å². The number of aromatic nitrogens is 2. The van der Waals surface area contributed by atoms with Crippen molar-refractivity contribution in [1.82, 2.24) is 9.78 Å². The van der Waals surface area contributed by atoms with E-state index in [9.17, 15) is 9.59 Å². The van der Waals surface area contributed by atoms with Crippen LogP contribution in [0.25, 0.3) is 5.69 Å². The number of hydrogen-bond acceptors (Lipinski definition) is 5. The third-order valence-corrected chi connectivity index (χ3v) is 4.75. The van der Waals surface area contributed by atoms with Crippen molar-refractivity contribution in [1.29, 1.82) is 0 Å². The molecule has 0 spiro atoms. The normalized spacial score (nSPS) is 18.3. The highest BCUT2D eigenvalue weighted by atomic mass is 16.7. The summed E-state index contributed by atoms with van der Waals surface area (Å²) in [6, 6.07) is 8.18. The Hall–Kier alpha value is -2.45. The minimum atomic E-state index is -1.30. The summed E-state index contributed by atoms with van der Waals surface area (Å²) in [4.78, 5) is 23.7. The molecule has 1 saturated heterocycles. The summed E-state index contributed by atoms with van der Waals surface area (Å²) in [5.41, 5.74) is -1.09. The second-order valence-corrected chi connectivity index (χ2v) is 6.91. The van der Waals surface area contributed by atoms with E-state index >= 15 is 0 Å². The Balaban J connectivity index is 2.12. The van der Waals surface area contributed by atoms with Crippen LogP contribution in [0.15, 0.2) is 41.3 Å². The Bertz CT molecular complexity index is 875. The minimum Gasteiger partial charge on any atom is -0.477 e. The van der Waals surface area contributed by atoms with Crippen molar-refractivity contribution in [3.63, 3.8) is 0 Å². The summed E-state index contributed by atoms with van der Waals surface area (Å²) in [6.07, 6.45) is 1.28. The van der Waals surface area contributed by atoms with Gasteiger partial charge in [-0.05, 0) is 39.8 Å². The summed E-state index contributed by atoms with van der Waals surface area (Å²) in [5, 5.41) is 13.2. The fourth-order valence-electron chi connectivity index (χ4n) is 2.60. The zero-order valence-corrected chi connectivity index (χ0v) is 14.5. The topological polar surface area (TPSA) is 90.7 Å². The zero-order chi connectivity index (χ0) is 18.4. The van der Waals surface area contributed by atoms with Gasteiger partial charge in [0.1, 0.15) is 5.56 Å². The molecule has 1 N–H and O–H groups in total. The highest BCUT2D eigenvalue weighted by molar-refractivity contribution is 6.63. The quantitative estimate of drug-likeness (QED) is 0.844. The number of rotatable bonds is 3. The summed E-state index contributed by atoms with van der Waals surface area (Å²) in [6.45, 7) is 7.74. The van der Waals surface area contributed by atoms with E-state index in [-0.39, 0.29) is 5.56 Å². The van der Waals surface area contributed by atoms with E-state index in [2.05, 4.69) is 5.10 Å². The van der Waals surface area contributed by atoms with Gasteiger partial charge in [-0.25, -0.2) is 4.79 Å². The van der Waals surface area contributed by atoms with Crippen LogP contribution in [-0.4, -0.2) is 39.2 Å². The predicted octanol–water partition coefficient (Wildman–Crippen LogP) is 1.23. The molecule has 25 heavy (non-hydrogen) atoms. The third-order valence-electron chi connectivity index (χ3n) is 4.75. The van der Waals surface area contributed by atoms with E-state index < -0.39 is 29.8 Å². The van der Waals surface area contributed by atoms with Crippen LogP contribution in [0.1, 0.15) is 38.1 Å². The highest BCUT2D eigenvalue weighted by Gasteiger charge is 2.52. The molecule has 0 aliphatic carbocycles. The van der Waals surface area contributed by atoms with Crippen molar-refractivity contribution >= 4 is 18.6 Å². The van der Waals surface area contributed by atoms with Crippen molar-refractivity contribution in [2.45, 2.75) is 38.9 Å². The van der Waals surface area contributed by atoms with Gasteiger partial charge in [-0.15, -0.1) is 0 Å². The second kappa shape index (κ2) is 5.82. The first-order valence-electron chi connectivity index (χ1n) is 7.90. The van der Waals surface area contributed by atoms with E-state index in [0.717, 1.165) is 4.68 Å². The Morgan fingerprint density at radius 3 is 2.32 bits per heavy atom. The van der Waals surface area contributed by atoms with Gasteiger partial charge in [-0.3, -0.25) is 4.79 Å². The number of para-hydroxylation sites is 1. The lowest BCUT2D eigenvalue weighted by molar-refractivity contribution is 0.00578. The Kier molecular flexibility index (Phi) is 4.05. The highest BCUT2D eigenvalue weighted by Crippen LogP contribution is 2.36. The maximum absolute atomic E-state index is 12.5. The van der Waals surface area contributed by atoms with E-state index in [0.29, 0.717) is 11.2 Å². The maximum atomic E-state index is 12.5. The molecule has 1 aromatic carbocycles. The lowest BCUT2D eigenvalue weighted by Crippen LogP contribution is -2.41. The van der Waals surface area contributed by atoms with Gasteiger partial charge in [0.2, 0.25) is 0 Å². The molecular formula is C17H19BN2O5. The van der Waals surface area contributed by atoms with Crippen molar-refractivity contribution < 1.29 is 19.2 Å². The Morgan fingerprint density at radius 2 is 1.72 bits per heavy atom. The van der Waals surface area contributed by atoms with Crippen molar-refractivity contribution in [3.05, 3.63) is 52.4 Å². The smallest absolute Gasteiger partial charge is 0.477 e. The molecular weight excluding hydrogens is 323 g/mol. The van der Waals surface area contributed by atoms with Crippen LogP contribution in [-0.2, 0) is 9.31 Å². The van der Waals surface area contributed by atoms with E-state index in [1.54, 1.807) is 24.3 Å². The SMILES string of the molecule is CC1(C)OB(c2ccccc2-n2nccc(C(=O)O)c2=O)OC1(C)C. The Labute approximate surface area is 145 Å². The first-order chi connectivity index (χ1) is 11.6. The van der Waals surface area contributed by atoms with Gasteiger partial charge in [0.25, 0.3) is 5.56 Å². The molecule has 1 aromatic heterocycles. The number of hydrogen-bond donors (Lipinski definition) is 1. The molecule has 1 fully saturated rings. The molecule has 8 heteroatoms. The fourth-order valence-corrected chi connectivity index (χ4v) is 2.60. The standard InChI is InChI=1S/C17H19BN2O5/c1-16(2)17(3,4)25-18(24-16)12-7-5-6-8-13(12)20-14(21)11(15(22)23)9-10-19-20/h5-10H,1-4H3,(H,22,23). The van der Waals surface area contributed by atoms with E-state index in [1.807, 2.05) is 27.7 Å². The van der Waals surface area contributed by atoms with Crippen LogP contribution in [0, 0.1) is 0 Å². The maximum Gasteiger partial charge on any atom is 0.497 e. The zero-order valence-electron chi connectivity index (χ0n) is 14.5. The molecule has 0 atom stereocenters. The van der Waals surface area contributed by atoms with E-state index in [1.165, 1.54) is 12.3 Å². The average Bonchev–Trinajstić information content (AvgIpc) is 2.75. The van der Waals surface area contributed by atoms with Gasteiger partial charge in [0.05, 0.1) is 16.9 Å². The number of nitrogens with zero attached hydrogens (tertiary/aromatic N) is 2.